The summed E-state index contributed by atoms with van der Waals surface area (Å²) < 4.78 is 17.6. The van der Waals surface area contributed by atoms with E-state index in [0.717, 1.165) is 21.9 Å². The Morgan fingerprint density at radius 3 is 1.35 bits per heavy atom. The Labute approximate surface area is 154 Å². The van der Waals surface area contributed by atoms with E-state index in [0.29, 0.717) is 11.4 Å². The molecular formula is C20H22N2O3Si. The van der Waals surface area contributed by atoms with Gasteiger partial charge in [0.05, 0.1) is 0 Å². The van der Waals surface area contributed by atoms with E-state index in [2.05, 4.69) is 0 Å². The monoisotopic (exact) mass is 366 g/mol. The maximum Gasteiger partial charge on any atom is 0.406 e. The normalized spacial score (nSPS) is 11.3. The molecule has 3 aromatic rings. The van der Waals surface area contributed by atoms with E-state index < -0.39 is 8.56 Å². The van der Waals surface area contributed by atoms with Gasteiger partial charge in [-0.15, -0.1) is 0 Å². The van der Waals surface area contributed by atoms with Crippen molar-refractivity contribution >= 4 is 30.3 Å². The van der Waals surface area contributed by atoms with Gasteiger partial charge in [-0.1, -0.05) is 24.3 Å². The highest BCUT2D eigenvalue weighted by atomic mass is 28.4. The van der Waals surface area contributed by atoms with Crippen molar-refractivity contribution in [2.24, 2.45) is 0 Å². The zero-order valence-electron chi connectivity index (χ0n) is 14.8. The highest BCUT2D eigenvalue weighted by Gasteiger charge is 2.40. The van der Waals surface area contributed by atoms with Gasteiger partial charge in [-0.25, -0.2) is 0 Å². The van der Waals surface area contributed by atoms with E-state index in [-0.39, 0.29) is 0 Å². The van der Waals surface area contributed by atoms with Crippen molar-refractivity contribution < 1.29 is 13.6 Å². The minimum Gasteiger partial charge on any atom is -0.457 e. The summed E-state index contributed by atoms with van der Waals surface area (Å²) in [6.45, 7) is 0. The molecule has 0 spiro atoms. The topological polar surface area (TPSA) is 79.7 Å². The van der Waals surface area contributed by atoms with Gasteiger partial charge in [-0.3, -0.25) is 0 Å². The van der Waals surface area contributed by atoms with Crippen molar-refractivity contribution in [1.29, 1.82) is 0 Å². The molecule has 0 saturated carbocycles. The average Bonchev–Trinajstić information content (AvgIpc) is 2.67. The van der Waals surface area contributed by atoms with Crippen molar-refractivity contribution in [3.8, 4) is 11.5 Å². The summed E-state index contributed by atoms with van der Waals surface area (Å²) in [5.41, 5.74) is 12.9. The molecule has 5 nitrogen and oxygen atoms in total. The number of anilines is 2. The predicted octanol–water partition coefficient (Wildman–Crippen LogP) is 2.49. The van der Waals surface area contributed by atoms with Crippen molar-refractivity contribution in [2.45, 2.75) is 0 Å². The molecule has 0 radical (unpaired) electrons. The Morgan fingerprint density at radius 1 is 0.577 bits per heavy atom. The van der Waals surface area contributed by atoms with Crippen LogP contribution in [0, 0.1) is 0 Å². The molecule has 0 unspecified atom stereocenters. The first-order valence-electron chi connectivity index (χ1n) is 8.17. The first-order chi connectivity index (χ1) is 12.6. The minimum absolute atomic E-state index is 0.701. The van der Waals surface area contributed by atoms with Crippen molar-refractivity contribution in [3.05, 3.63) is 72.8 Å². The van der Waals surface area contributed by atoms with Crippen LogP contribution in [0.25, 0.3) is 0 Å². The lowest BCUT2D eigenvalue weighted by Gasteiger charge is -2.28. The maximum atomic E-state index is 5.89. The summed E-state index contributed by atoms with van der Waals surface area (Å²) in [5, 5.41) is 1.97. The van der Waals surface area contributed by atoms with Crippen LogP contribution in [0.1, 0.15) is 0 Å². The smallest absolute Gasteiger partial charge is 0.406 e. The molecule has 0 fully saturated rings. The van der Waals surface area contributed by atoms with Crippen LogP contribution in [0.3, 0.4) is 0 Å². The van der Waals surface area contributed by atoms with E-state index in [1.165, 1.54) is 0 Å². The van der Waals surface area contributed by atoms with E-state index >= 15 is 0 Å². The molecule has 26 heavy (non-hydrogen) atoms. The van der Waals surface area contributed by atoms with Gasteiger partial charge in [0.2, 0.25) is 0 Å². The van der Waals surface area contributed by atoms with Crippen molar-refractivity contribution in [2.75, 3.05) is 25.7 Å². The SMILES string of the molecule is CO[Si](OC)(c1ccc(N)cc1)c1ccc(Oc2ccc(N)cc2)cc1. The number of ether oxygens (including phenoxy) is 1. The molecule has 6 heteroatoms. The lowest BCUT2D eigenvalue weighted by molar-refractivity contribution is 0.272. The third-order valence-corrected chi connectivity index (χ3v) is 7.55. The molecule has 0 atom stereocenters. The predicted molar refractivity (Wildman–Crippen MR) is 107 cm³/mol. The second-order valence-electron chi connectivity index (χ2n) is 5.84. The average molecular weight is 366 g/mol. The second kappa shape index (κ2) is 7.61. The highest BCUT2D eigenvalue weighted by Crippen LogP contribution is 2.22. The van der Waals surface area contributed by atoms with Gasteiger partial charge in [0, 0.05) is 25.6 Å². The van der Waals surface area contributed by atoms with Gasteiger partial charge in [0.15, 0.2) is 0 Å². The third kappa shape index (κ3) is 3.57. The van der Waals surface area contributed by atoms with E-state index in [4.69, 9.17) is 25.1 Å². The van der Waals surface area contributed by atoms with Crippen LogP contribution in [0.5, 0.6) is 11.5 Å². The maximum absolute atomic E-state index is 5.89. The zero-order chi connectivity index (χ0) is 18.6. The fourth-order valence-electron chi connectivity index (χ4n) is 2.84. The molecular weight excluding hydrogens is 344 g/mol. The molecule has 0 aliphatic heterocycles. The molecule has 0 bridgehead atoms. The Kier molecular flexibility index (Phi) is 5.27. The number of nitrogen functional groups attached to an aromatic ring is 2. The summed E-state index contributed by atoms with van der Waals surface area (Å²) in [7, 11) is 0.574. The summed E-state index contributed by atoms with van der Waals surface area (Å²) in [6, 6.07) is 22.7. The van der Waals surface area contributed by atoms with E-state index in [1.807, 2.05) is 60.7 Å². The first kappa shape index (κ1) is 18.0. The summed E-state index contributed by atoms with van der Waals surface area (Å²) in [5.74, 6) is 1.46. The third-order valence-electron chi connectivity index (χ3n) is 4.22. The standard InChI is InChI=1S/C20H22N2O3Si/c1-23-26(24-2,19-11-5-16(22)6-12-19)20-13-9-18(10-14-20)25-17-7-3-15(21)4-8-17/h3-14H,21-22H2,1-2H3. The van der Waals surface area contributed by atoms with Gasteiger partial charge >= 0.3 is 8.56 Å². The van der Waals surface area contributed by atoms with Gasteiger partial charge < -0.3 is 25.1 Å². The number of nitrogens with two attached hydrogens (primary N) is 2. The molecule has 134 valence electrons. The number of benzene rings is 3. The van der Waals surface area contributed by atoms with E-state index in [9.17, 15) is 0 Å². The van der Waals surface area contributed by atoms with Crippen LogP contribution in [0.15, 0.2) is 72.8 Å². The van der Waals surface area contributed by atoms with Crippen LogP contribution in [-0.2, 0) is 8.85 Å². The molecule has 0 aliphatic rings. The fourth-order valence-corrected chi connectivity index (χ4v) is 5.49. The van der Waals surface area contributed by atoms with Gasteiger partial charge in [-0.2, -0.15) is 0 Å². The number of hydrogen-bond donors (Lipinski definition) is 2. The highest BCUT2D eigenvalue weighted by molar-refractivity contribution is 6.92. The van der Waals surface area contributed by atoms with Gasteiger partial charge in [0.1, 0.15) is 11.5 Å². The summed E-state index contributed by atoms with van der Waals surface area (Å²) in [6.07, 6.45) is 0. The molecule has 0 aromatic heterocycles. The van der Waals surface area contributed by atoms with Crippen LogP contribution in [-0.4, -0.2) is 22.8 Å². The number of rotatable bonds is 6. The van der Waals surface area contributed by atoms with Crippen LogP contribution < -0.4 is 26.6 Å². The molecule has 4 N–H and O–H groups in total. The lowest BCUT2D eigenvalue weighted by atomic mass is 10.3. The summed E-state index contributed by atoms with van der Waals surface area (Å²) in [4.78, 5) is 0. The minimum atomic E-state index is -2.77. The van der Waals surface area contributed by atoms with Crippen LogP contribution >= 0.6 is 0 Å². The Hall–Kier alpha value is -2.80. The first-order valence-corrected chi connectivity index (χ1v) is 9.99. The molecule has 3 rings (SSSR count). The van der Waals surface area contributed by atoms with E-state index in [1.54, 1.807) is 26.4 Å². The zero-order valence-corrected chi connectivity index (χ0v) is 15.8. The van der Waals surface area contributed by atoms with Gasteiger partial charge in [-0.05, 0) is 58.9 Å². The summed E-state index contributed by atoms with van der Waals surface area (Å²) >= 11 is 0. The molecule has 0 amide bonds. The van der Waals surface area contributed by atoms with Gasteiger partial charge in [0.25, 0.3) is 0 Å². The molecule has 3 aromatic carbocycles. The Morgan fingerprint density at radius 2 is 0.923 bits per heavy atom. The molecule has 0 saturated heterocycles. The lowest BCUT2D eigenvalue weighted by Crippen LogP contribution is -2.62. The van der Waals surface area contributed by atoms with Crippen LogP contribution in [0.2, 0.25) is 0 Å². The van der Waals surface area contributed by atoms with Crippen molar-refractivity contribution in [1.82, 2.24) is 0 Å². The number of hydrogen-bond acceptors (Lipinski definition) is 5. The fraction of sp³-hybridized carbons (Fsp3) is 0.100. The Bertz CT molecular complexity index is 846. The molecule has 0 heterocycles. The largest absolute Gasteiger partial charge is 0.457 e. The van der Waals surface area contributed by atoms with Crippen molar-refractivity contribution in [3.63, 3.8) is 0 Å². The quantitative estimate of drug-likeness (QED) is 0.518. The molecule has 0 aliphatic carbocycles. The Balaban J connectivity index is 1.89. The second-order valence-corrected chi connectivity index (χ2v) is 9.05. The van der Waals surface area contributed by atoms with Crippen LogP contribution in [0.4, 0.5) is 11.4 Å².